The van der Waals surface area contributed by atoms with E-state index >= 15 is 0 Å². The van der Waals surface area contributed by atoms with Gasteiger partial charge in [0.15, 0.2) is 0 Å². The van der Waals surface area contributed by atoms with E-state index in [9.17, 15) is 10.1 Å². The van der Waals surface area contributed by atoms with Crippen molar-refractivity contribution in [2.45, 2.75) is 88.4 Å². The second-order valence-electron chi connectivity index (χ2n) is 9.44. The van der Waals surface area contributed by atoms with Gasteiger partial charge in [0, 0.05) is 30.2 Å². The van der Waals surface area contributed by atoms with Crippen molar-refractivity contribution in [2.75, 3.05) is 5.32 Å². The van der Waals surface area contributed by atoms with Crippen LogP contribution in [0.3, 0.4) is 0 Å². The molecule has 27 heavy (non-hydrogen) atoms. The molecule has 4 bridgehead atoms. The van der Waals surface area contributed by atoms with Crippen molar-refractivity contribution in [3.63, 3.8) is 0 Å². The van der Waals surface area contributed by atoms with Gasteiger partial charge in [0.05, 0.1) is 4.92 Å². The molecule has 5 nitrogen and oxygen atoms in total. The number of fused-ring (bicyclic) bond motifs is 4. The molecule has 0 aromatic heterocycles. The van der Waals surface area contributed by atoms with Crippen molar-refractivity contribution < 1.29 is 4.92 Å². The van der Waals surface area contributed by atoms with Crippen molar-refractivity contribution in [3.8, 4) is 0 Å². The summed E-state index contributed by atoms with van der Waals surface area (Å²) in [5.41, 5.74) is 0.889. The van der Waals surface area contributed by atoms with Crippen LogP contribution in [0.5, 0.6) is 0 Å². The molecule has 1 aromatic rings. The summed E-state index contributed by atoms with van der Waals surface area (Å²) in [5.74, 6) is 1.95. The summed E-state index contributed by atoms with van der Waals surface area (Å²) in [6.07, 6.45) is 13.6. The summed E-state index contributed by atoms with van der Waals surface area (Å²) in [4.78, 5) is 13.9. The topological polar surface area (TPSA) is 58.4 Å². The number of benzene rings is 1. The Bertz CT molecular complexity index is 683. The number of piperidine rings is 1. The van der Waals surface area contributed by atoms with Crippen LogP contribution < -0.4 is 5.32 Å². The van der Waals surface area contributed by atoms with E-state index in [-0.39, 0.29) is 10.6 Å². The fraction of sp³-hybridized carbons (Fsp3) is 0.727. The van der Waals surface area contributed by atoms with Crippen LogP contribution in [-0.2, 0) is 0 Å². The highest BCUT2D eigenvalue weighted by Gasteiger charge is 2.46. The molecule has 0 amide bonds. The summed E-state index contributed by atoms with van der Waals surface area (Å²) in [6, 6.07) is 9.61. The third-order valence-corrected chi connectivity index (χ3v) is 7.77. The van der Waals surface area contributed by atoms with E-state index in [1.165, 1.54) is 51.4 Å². The highest BCUT2D eigenvalue weighted by molar-refractivity contribution is 5.61. The average Bonchev–Trinajstić information content (AvgIpc) is 2.92. The van der Waals surface area contributed by atoms with Gasteiger partial charge in [-0.15, -0.1) is 0 Å². The first-order valence-electron chi connectivity index (χ1n) is 10.9. The lowest BCUT2D eigenvalue weighted by Gasteiger charge is -2.49. The average molecular weight is 370 g/mol. The van der Waals surface area contributed by atoms with Crippen LogP contribution in [0.2, 0.25) is 0 Å². The van der Waals surface area contributed by atoms with Gasteiger partial charge < -0.3 is 5.32 Å². The molecule has 2 saturated carbocycles. The first-order valence-corrected chi connectivity index (χ1v) is 10.9. The van der Waals surface area contributed by atoms with Gasteiger partial charge >= 0.3 is 0 Å². The van der Waals surface area contributed by atoms with Crippen molar-refractivity contribution in [2.24, 2.45) is 11.8 Å². The zero-order chi connectivity index (χ0) is 18.4. The van der Waals surface area contributed by atoms with E-state index < -0.39 is 0 Å². The van der Waals surface area contributed by atoms with Crippen LogP contribution >= 0.6 is 0 Å². The molecule has 4 unspecified atom stereocenters. The maximum Gasteiger partial charge on any atom is 0.292 e. The number of nitrogens with zero attached hydrogens (tertiary/aromatic N) is 2. The number of rotatable bonds is 4. The van der Waals surface area contributed by atoms with E-state index in [0.717, 1.165) is 30.7 Å². The molecule has 4 aliphatic rings. The highest BCUT2D eigenvalue weighted by Crippen LogP contribution is 2.47. The predicted molar refractivity (Wildman–Crippen MR) is 107 cm³/mol. The summed E-state index contributed by atoms with van der Waals surface area (Å²) >= 11 is 0. The SMILES string of the molecule is O=[N+]([O-])c1ccccc1NC1CC2CCC(C1)N2C1CC2CCCC(C2)C1. The molecule has 2 heterocycles. The smallest absolute Gasteiger partial charge is 0.292 e. The van der Waals surface area contributed by atoms with Crippen molar-refractivity contribution in [1.29, 1.82) is 0 Å². The summed E-state index contributed by atoms with van der Waals surface area (Å²) in [7, 11) is 0. The van der Waals surface area contributed by atoms with E-state index in [0.29, 0.717) is 23.8 Å². The molecule has 0 spiro atoms. The molecule has 146 valence electrons. The molecular weight excluding hydrogens is 338 g/mol. The van der Waals surface area contributed by atoms with Gasteiger partial charge in [0.2, 0.25) is 0 Å². The second kappa shape index (κ2) is 7.08. The first-order chi connectivity index (χ1) is 13.2. The fourth-order valence-corrected chi connectivity index (χ4v) is 6.84. The quantitative estimate of drug-likeness (QED) is 0.601. The van der Waals surface area contributed by atoms with Gasteiger partial charge in [-0.1, -0.05) is 31.4 Å². The van der Waals surface area contributed by atoms with Gasteiger partial charge in [-0.25, -0.2) is 0 Å². The maximum absolute atomic E-state index is 11.3. The first kappa shape index (κ1) is 17.5. The van der Waals surface area contributed by atoms with Crippen LogP contribution in [0.15, 0.2) is 24.3 Å². The third-order valence-electron chi connectivity index (χ3n) is 7.77. The standard InChI is InChI=1S/C22H31N3O2/c26-25(27)22-7-2-1-6-21(22)23-17-13-18-8-9-19(14-17)24(18)20-11-15-4-3-5-16(10-15)12-20/h1-2,6-7,15-20,23H,3-5,8-14H2. The molecule has 4 fully saturated rings. The molecule has 1 N–H and O–H groups in total. The number of hydrogen-bond donors (Lipinski definition) is 1. The van der Waals surface area contributed by atoms with Crippen molar-refractivity contribution >= 4 is 11.4 Å². The Kier molecular flexibility index (Phi) is 4.58. The molecule has 2 aliphatic heterocycles. The minimum absolute atomic E-state index is 0.201. The van der Waals surface area contributed by atoms with Crippen molar-refractivity contribution in [3.05, 3.63) is 34.4 Å². The van der Waals surface area contributed by atoms with E-state index in [2.05, 4.69) is 10.2 Å². The monoisotopic (exact) mass is 369 g/mol. The lowest BCUT2D eigenvalue weighted by Crippen LogP contribution is -2.53. The summed E-state index contributed by atoms with van der Waals surface area (Å²) in [5, 5.41) is 14.8. The van der Waals surface area contributed by atoms with E-state index in [1.54, 1.807) is 12.1 Å². The van der Waals surface area contributed by atoms with Gasteiger partial charge in [-0.3, -0.25) is 15.0 Å². The van der Waals surface area contributed by atoms with Crippen LogP contribution in [0.25, 0.3) is 0 Å². The van der Waals surface area contributed by atoms with E-state index in [4.69, 9.17) is 0 Å². The number of nitro groups is 1. The Morgan fingerprint density at radius 2 is 1.56 bits per heavy atom. The van der Waals surface area contributed by atoms with Gasteiger partial charge in [-0.05, 0) is 62.8 Å². The Labute approximate surface area is 161 Å². The molecule has 5 heteroatoms. The van der Waals surface area contributed by atoms with Gasteiger partial charge in [0.25, 0.3) is 5.69 Å². The lowest BCUT2D eigenvalue weighted by atomic mass is 9.69. The zero-order valence-corrected chi connectivity index (χ0v) is 16.1. The normalized spacial score (nSPS) is 38.5. The molecule has 4 atom stereocenters. The molecule has 0 radical (unpaired) electrons. The fourth-order valence-electron chi connectivity index (χ4n) is 6.84. The lowest BCUT2D eigenvalue weighted by molar-refractivity contribution is -0.384. The summed E-state index contributed by atoms with van der Waals surface area (Å²) < 4.78 is 0. The zero-order valence-electron chi connectivity index (χ0n) is 16.1. The molecule has 1 aromatic carbocycles. The Hall–Kier alpha value is -1.62. The van der Waals surface area contributed by atoms with Gasteiger partial charge in [0.1, 0.15) is 5.69 Å². The van der Waals surface area contributed by atoms with Gasteiger partial charge in [-0.2, -0.15) is 0 Å². The third kappa shape index (κ3) is 3.35. The largest absolute Gasteiger partial charge is 0.377 e. The van der Waals surface area contributed by atoms with Crippen LogP contribution in [0.4, 0.5) is 11.4 Å². The molecule has 5 rings (SSSR count). The number of anilines is 1. The Morgan fingerprint density at radius 1 is 0.889 bits per heavy atom. The minimum atomic E-state index is -0.271. The molecule has 2 aliphatic carbocycles. The maximum atomic E-state index is 11.3. The minimum Gasteiger partial charge on any atom is -0.377 e. The predicted octanol–water partition coefficient (Wildman–Crippen LogP) is 4.97. The molecule has 2 saturated heterocycles. The number of nitrogens with one attached hydrogen (secondary N) is 1. The summed E-state index contributed by atoms with van der Waals surface area (Å²) in [6.45, 7) is 0. The van der Waals surface area contributed by atoms with Crippen LogP contribution in [0.1, 0.15) is 64.2 Å². The van der Waals surface area contributed by atoms with E-state index in [1.807, 2.05) is 12.1 Å². The second-order valence-corrected chi connectivity index (χ2v) is 9.44. The van der Waals surface area contributed by atoms with Crippen molar-refractivity contribution in [1.82, 2.24) is 4.90 Å². The number of hydrogen-bond acceptors (Lipinski definition) is 4. The Balaban J connectivity index is 1.27. The van der Waals surface area contributed by atoms with Crippen LogP contribution in [-0.4, -0.2) is 34.0 Å². The molecular formula is C22H31N3O2. The number of nitro benzene ring substituents is 1. The number of para-hydroxylation sites is 2. The van der Waals surface area contributed by atoms with Crippen LogP contribution in [0, 0.1) is 22.0 Å². The Morgan fingerprint density at radius 3 is 2.22 bits per heavy atom. The highest BCUT2D eigenvalue weighted by atomic mass is 16.6.